The van der Waals surface area contributed by atoms with Crippen molar-refractivity contribution in [2.75, 3.05) is 0 Å². The Kier molecular flexibility index (Phi) is 3.06. The Bertz CT molecular complexity index is 316. The molecule has 0 saturated heterocycles. The second-order valence-corrected chi connectivity index (χ2v) is 4.57. The monoisotopic (exact) mass is 207 g/mol. The van der Waals surface area contributed by atoms with E-state index in [4.69, 9.17) is 0 Å². The molecule has 82 valence electrons. The molecule has 0 spiro atoms. The van der Waals surface area contributed by atoms with E-state index in [1.54, 1.807) is 0 Å². The molecule has 0 radical (unpaired) electrons. The van der Waals surface area contributed by atoms with E-state index in [9.17, 15) is 4.39 Å². The summed E-state index contributed by atoms with van der Waals surface area (Å²) in [6.07, 6.45) is 2.70. The van der Waals surface area contributed by atoms with Gasteiger partial charge >= 0.3 is 0 Å². The third-order valence-electron chi connectivity index (χ3n) is 3.21. The minimum atomic E-state index is -0.166. The number of hydrogen-bond donors (Lipinski definition) is 1. The maximum Gasteiger partial charge on any atom is 0.123 e. The molecule has 0 aliphatic heterocycles. The summed E-state index contributed by atoms with van der Waals surface area (Å²) < 4.78 is 12.7. The van der Waals surface area contributed by atoms with Gasteiger partial charge in [0.25, 0.3) is 0 Å². The smallest absolute Gasteiger partial charge is 0.123 e. The molecule has 2 rings (SSSR count). The maximum atomic E-state index is 12.7. The third kappa shape index (κ3) is 2.78. The van der Waals surface area contributed by atoms with Crippen molar-refractivity contribution in [1.29, 1.82) is 0 Å². The maximum absolute atomic E-state index is 12.7. The van der Waals surface area contributed by atoms with Crippen LogP contribution in [-0.4, -0.2) is 6.04 Å². The average molecular weight is 207 g/mol. The summed E-state index contributed by atoms with van der Waals surface area (Å²) >= 11 is 0. The largest absolute Gasteiger partial charge is 0.307 e. The lowest BCUT2D eigenvalue weighted by Crippen LogP contribution is -2.30. The van der Waals surface area contributed by atoms with Crippen molar-refractivity contribution in [2.45, 2.75) is 38.8 Å². The van der Waals surface area contributed by atoms with E-state index in [0.29, 0.717) is 12.1 Å². The highest BCUT2D eigenvalue weighted by Gasteiger charge is 2.28. The Hall–Kier alpha value is -0.890. The van der Waals surface area contributed by atoms with Crippen LogP contribution in [0.3, 0.4) is 0 Å². The van der Waals surface area contributed by atoms with Crippen molar-refractivity contribution in [1.82, 2.24) is 5.32 Å². The molecule has 0 aromatic heterocycles. The molecule has 1 nitrogen and oxygen atoms in total. The van der Waals surface area contributed by atoms with Crippen LogP contribution in [0.25, 0.3) is 0 Å². The lowest BCUT2D eigenvalue weighted by atomic mass is 10.1. The van der Waals surface area contributed by atoms with Gasteiger partial charge in [0.1, 0.15) is 5.82 Å². The first-order valence-corrected chi connectivity index (χ1v) is 5.68. The quantitative estimate of drug-likeness (QED) is 0.799. The van der Waals surface area contributed by atoms with Crippen LogP contribution in [-0.2, 0) is 0 Å². The van der Waals surface area contributed by atoms with Crippen molar-refractivity contribution < 1.29 is 4.39 Å². The topological polar surface area (TPSA) is 12.0 Å². The van der Waals surface area contributed by atoms with Gasteiger partial charge in [-0.1, -0.05) is 12.1 Å². The molecule has 0 amide bonds. The van der Waals surface area contributed by atoms with Gasteiger partial charge in [0.2, 0.25) is 0 Å². The summed E-state index contributed by atoms with van der Waals surface area (Å²) in [4.78, 5) is 0. The Morgan fingerprint density at radius 2 is 1.80 bits per heavy atom. The molecular weight excluding hydrogens is 189 g/mol. The lowest BCUT2D eigenvalue weighted by Gasteiger charge is -2.20. The molecular formula is C13H18FN. The molecule has 2 heteroatoms. The zero-order valence-electron chi connectivity index (χ0n) is 9.33. The van der Waals surface area contributed by atoms with Gasteiger partial charge < -0.3 is 5.32 Å². The van der Waals surface area contributed by atoms with Gasteiger partial charge in [-0.3, -0.25) is 0 Å². The summed E-state index contributed by atoms with van der Waals surface area (Å²) in [6.45, 7) is 4.36. The highest BCUT2D eigenvalue weighted by molar-refractivity contribution is 5.19. The Morgan fingerprint density at radius 1 is 1.20 bits per heavy atom. The molecule has 1 saturated carbocycles. The van der Waals surface area contributed by atoms with Crippen LogP contribution in [0.5, 0.6) is 0 Å². The van der Waals surface area contributed by atoms with Crippen LogP contribution in [0.1, 0.15) is 38.3 Å². The first-order chi connectivity index (χ1) is 7.16. The van der Waals surface area contributed by atoms with Gasteiger partial charge in [-0.2, -0.15) is 0 Å². The van der Waals surface area contributed by atoms with Crippen molar-refractivity contribution in [3.05, 3.63) is 35.6 Å². The molecule has 1 fully saturated rings. The molecule has 0 bridgehead atoms. The van der Waals surface area contributed by atoms with Crippen LogP contribution < -0.4 is 5.32 Å². The Morgan fingerprint density at radius 3 is 2.33 bits per heavy atom. The number of hydrogen-bond acceptors (Lipinski definition) is 1. The molecule has 15 heavy (non-hydrogen) atoms. The minimum absolute atomic E-state index is 0.166. The average Bonchev–Trinajstić information content (AvgIpc) is 3.01. The van der Waals surface area contributed by atoms with E-state index >= 15 is 0 Å². The van der Waals surface area contributed by atoms with Crippen LogP contribution >= 0.6 is 0 Å². The molecule has 1 aliphatic rings. The van der Waals surface area contributed by atoms with Gasteiger partial charge in [-0.05, 0) is 50.3 Å². The first kappa shape index (κ1) is 10.6. The Balaban J connectivity index is 1.94. The number of halogens is 1. The lowest BCUT2D eigenvalue weighted by molar-refractivity contribution is 0.441. The van der Waals surface area contributed by atoms with E-state index in [2.05, 4.69) is 19.2 Å². The summed E-state index contributed by atoms with van der Waals surface area (Å²) in [7, 11) is 0. The fourth-order valence-electron chi connectivity index (χ4n) is 1.97. The third-order valence-corrected chi connectivity index (χ3v) is 3.21. The van der Waals surface area contributed by atoms with Crippen LogP contribution in [0.2, 0.25) is 0 Å². The Labute approximate surface area is 90.7 Å². The second kappa shape index (κ2) is 4.31. The van der Waals surface area contributed by atoms with E-state index < -0.39 is 0 Å². The van der Waals surface area contributed by atoms with Crippen LogP contribution in [0, 0.1) is 11.7 Å². The highest BCUT2D eigenvalue weighted by atomic mass is 19.1. The molecule has 2 unspecified atom stereocenters. The van der Waals surface area contributed by atoms with Gasteiger partial charge in [-0.15, -0.1) is 0 Å². The predicted molar refractivity (Wildman–Crippen MR) is 60.1 cm³/mol. The zero-order chi connectivity index (χ0) is 10.8. The van der Waals surface area contributed by atoms with Crippen molar-refractivity contribution in [2.24, 2.45) is 5.92 Å². The standard InChI is InChI=1S/C13H18FN/c1-9(11-3-4-11)15-10(2)12-5-7-13(14)8-6-12/h5-11,15H,3-4H2,1-2H3. The number of nitrogens with one attached hydrogen (secondary N) is 1. The van der Waals surface area contributed by atoms with Gasteiger partial charge in [-0.25, -0.2) is 4.39 Å². The summed E-state index contributed by atoms with van der Waals surface area (Å²) in [6, 6.07) is 7.63. The zero-order valence-corrected chi connectivity index (χ0v) is 9.33. The molecule has 2 atom stereocenters. The van der Waals surface area contributed by atoms with Crippen LogP contribution in [0.4, 0.5) is 4.39 Å². The van der Waals surface area contributed by atoms with E-state index in [0.717, 1.165) is 11.5 Å². The first-order valence-electron chi connectivity index (χ1n) is 5.68. The second-order valence-electron chi connectivity index (χ2n) is 4.57. The molecule has 0 heterocycles. The van der Waals surface area contributed by atoms with Crippen molar-refractivity contribution >= 4 is 0 Å². The van der Waals surface area contributed by atoms with Gasteiger partial charge in [0, 0.05) is 12.1 Å². The van der Waals surface area contributed by atoms with Crippen LogP contribution in [0.15, 0.2) is 24.3 Å². The number of benzene rings is 1. The van der Waals surface area contributed by atoms with Gasteiger partial charge in [0.15, 0.2) is 0 Å². The summed E-state index contributed by atoms with van der Waals surface area (Å²) in [5, 5.41) is 3.56. The van der Waals surface area contributed by atoms with E-state index in [1.165, 1.54) is 25.0 Å². The number of rotatable bonds is 4. The fraction of sp³-hybridized carbons (Fsp3) is 0.538. The molecule has 1 aromatic carbocycles. The minimum Gasteiger partial charge on any atom is -0.307 e. The normalized spacial score (nSPS) is 19.9. The SMILES string of the molecule is CC(NC(C)C1CC1)c1ccc(F)cc1. The van der Waals surface area contributed by atoms with Crippen molar-refractivity contribution in [3.63, 3.8) is 0 Å². The molecule has 1 aliphatic carbocycles. The highest BCUT2D eigenvalue weighted by Crippen LogP contribution is 2.33. The summed E-state index contributed by atoms with van der Waals surface area (Å²) in [5.41, 5.74) is 1.16. The molecule has 1 N–H and O–H groups in total. The molecule has 1 aromatic rings. The van der Waals surface area contributed by atoms with Gasteiger partial charge in [0.05, 0.1) is 0 Å². The van der Waals surface area contributed by atoms with E-state index in [1.807, 2.05) is 12.1 Å². The van der Waals surface area contributed by atoms with E-state index in [-0.39, 0.29) is 5.82 Å². The fourth-order valence-corrected chi connectivity index (χ4v) is 1.97. The predicted octanol–water partition coefficient (Wildman–Crippen LogP) is 3.27. The van der Waals surface area contributed by atoms with Crippen molar-refractivity contribution in [3.8, 4) is 0 Å². The summed E-state index contributed by atoms with van der Waals surface area (Å²) in [5.74, 6) is 0.689.